The maximum atomic E-state index is 12.4. The van der Waals surface area contributed by atoms with Gasteiger partial charge in [0.25, 0.3) is 0 Å². The van der Waals surface area contributed by atoms with E-state index in [0.29, 0.717) is 16.5 Å². The van der Waals surface area contributed by atoms with Crippen LogP contribution in [-0.4, -0.2) is 70.6 Å². The molecule has 0 aromatic heterocycles. The van der Waals surface area contributed by atoms with E-state index in [9.17, 15) is 4.79 Å². The van der Waals surface area contributed by atoms with E-state index in [4.69, 9.17) is 43.0 Å². The topological polar surface area (TPSA) is 98.2 Å². The van der Waals surface area contributed by atoms with Crippen LogP contribution in [0.3, 0.4) is 0 Å². The number of carbonyl (C=O) groups excluding carboxylic acids is 1. The predicted molar refractivity (Wildman–Crippen MR) is 103 cm³/mol. The van der Waals surface area contributed by atoms with Gasteiger partial charge in [-0.15, -0.1) is 0 Å². The minimum atomic E-state index is -1.82. The Morgan fingerprint density at radius 1 is 1.11 bits per heavy atom. The number of likely N-dealkylation sites (tertiary alicyclic amines) is 1. The van der Waals surface area contributed by atoms with Crippen molar-refractivity contribution in [1.29, 1.82) is 0 Å². The number of halogens is 2. The molecule has 1 amide bonds. The van der Waals surface area contributed by atoms with Gasteiger partial charge in [-0.05, 0) is 50.6 Å². The highest BCUT2D eigenvalue weighted by Crippen LogP contribution is 2.23. The molecule has 1 aromatic carbocycles. The van der Waals surface area contributed by atoms with Gasteiger partial charge < -0.3 is 20.0 Å². The van der Waals surface area contributed by atoms with Gasteiger partial charge in [-0.1, -0.05) is 29.3 Å². The van der Waals surface area contributed by atoms with Crippen LogP contribution in [0.25, 0.3) is 0 Å². The minimum Gasteiger partial charge on any atom is -0.473 e. The number of aliphatic carboxylic acids is 2. The van der Waals surface area contributed by atoms with E-state index in [0.717, 1.165) is 25.2 Å². The van der Waals surface area contributed by atoms with Crippen molar-refractivity contribution in [2.24, 2.45) is 0 Å². The summed E-state index contributed by atoms with van der Waals surface area (Å²) in [4.78, 5) is 34.8. The molecular weight excluding hydrogens is 395 g/mol. The lowest BCUT2D eigenvalue weighted by Crippen LogP contribution is -2.43. The normalized spacial score (nSPS) is 14.8. The molecule has 1 aliphatic rings. The molecule has 0 unspecified atom stereocenters. The number of carboxylic acid groups (broad SMARTS) is 2. The lowest BCUT2D eigenvalue weighted by atomic mass is 10.1. The van der Waals surface area contributed by atoms with E-state index >= 15 is 0 Å². The molecule has 1 fully saturated rings. The van der Waals surface area contributed by atoms with Crippen LogP contribution in [0.15, 0.2) is 18.2 Å². The van der Waals surface area contributed by atoms with Gasteiger partial charge in [-0.25, -0.2) is 9.59 Å². The van der Waals surface area contributed by atoms with E-state index in [1.807, 2.05) is 18.0 Å². The van der Waals surface area contributed by atoms with Gasteiger partial charge >= 0.3 is 11.9 Å². The molecule has 1 saturated heterocycles. The van der Waals surface area contributed by atoms with Crippen molar-refractivity contribution in [3.05, 3.63) is 33.8 Å². The number of likely N-dealkylation sites (N-methyl/N-ethyl adjacent to an activating group) is 1. The Kier molecular flexibility index (Phi) is 9.55. The summed E-state index contributed by atoms with van der Waals surface area (Å²) in [6.45, 7) is 5.35. The van der Waals surface area contributed by atoms with Gasteiger partial charge in [0.05, 0.1) is 16.5 Å². The van der Waals surface area contributed by atoms with Crippen molar-refractivity contribution < 1.29 is 24.6 Å². The lowest BCUT2D eigenvalue weighted by Gasteiger charge is -2.29. The van der Waals surface area contributed by atoms with Crippen molar-refractivity contribution in [2.75, 3.05) is 26.7 Å². The summed E-state index contributed by atoms with van der Waals surface area (Å²) in [5.74, 6) is -3.54. The fourth-order valence-electron chi connectivity index (χ4n) is 2.66. The molecule has 0 spiro atoms. The molecule has 0 aliphatic carbocycles. The first-order valence-electron chi connectivity index (χ1n) is 8.50. The molecule has 1 aromatic rings. The van der Waals surface area contributed by atoms with Crippen LogP contribution in [0, 0.1) is 0 Å². The Morgan fingerprint density at radius 2 is 1.67 bits per heavy atom. The van der Waals surface area contributed by atoms with Crippen LogP contribution in [0.5, 0.6) is 0 Å². The van der Waals surface area contributed by atoms with Gasteiger partial charge in [-0.2, -0.15) is 0 Å². The standard InChI is InChI=1S/C16H22Cl2N2O.C2H2O4/c1-12(11-20-7-3-4-8-20)19(2)16(21)10-13-5-6-14(17)15(18)9-13;3-1(4)2(5)6/h5-6,9,12H,3-4,7-8,10-11H2,1-2H3;(H,3,4)(H,5,6)/t12-;/m0./s1. The third-order valence-electron chi connectivity index (χ3n) is 4.30. The molecule has 0 bridgehead atoms. The molecular formula is C18H24Cl2N2O5. The van der Waals surface area contributed by atoms with Crippen LogP contribution in [0.4, 0.5) is 0 Å². The van der Waals surface area contributed by atoms with Crippen molar-refractivity contribution in [2.45, 2.75) is 32.2 Å². The highest BCUT2D eigenvalue weighted by atomic mass is 35.5. The smallest absolute Gasteiger partial charge is 0.414 e. The molecule has 0 saturated carbocycles. The van der Waals surface area contributed by atoms with Crippen LogP contribution in [-0.2, 0) is 20.8 Å². The zero-order valence-electron chi connectivity index (χ0n) is 15.3. The van der Waals surface area contributed by atoms with Gasteiger partial charge in [-0.3, -0.25) is 4.79 Å². The molecule has 1 aliphatic heterocycles. The molecule has 0 radical (unpaired) electrons. The van der Waals surface area contributed by atoms with Crippen LogP contribution in [0.2, 0.25) is 10.0 Å². The fraction of sp³-hybridized carbons (Fsp3) is 0.500. The third kappa shape index (κ3) is 8.15. The molecule has 2 rings (SSSR count). The van der Waals surface area contributed by atoms with Gasteiger partial charge in [0.2, 0.25) is 5.91 Å². The lowest BCUT2D eigenvalue weighted by molar-refractivity contribution is -0.159. The first kappa shape index (κ1) is 23.2. The van der Waals surface area contributed by atoms with E-state index in [-0.39, 0.29) is 11.9 Å². The zero-order valence-corrected chi connectivity index (χ0v) is 16.8. The Morgan fingerprint density at radius 3 is 2.15 bits per heavy atom. The highest BCUT2D eigenvalue weighted by molar-refractivity contribution is 6.42. The van der Waals surface area contributed by atoms with Crippen molar-refractivity contribution in [3.8, 4) is 0 Å². The van der Waals surface area contributed by atoms with E-state index in [2.05, 4.69) is 11.8 Å². The number of carbonyl (C=O) groups is 3. The summed E-state index contributed by atoms with van der Waals surface area (Å²) < 4.78 is 0. The molecule has 150 valence electrons. The average molecular weight is 419 g/mol. The largest absolute Gasteiger partial charge is 0.473 e. The number of hydrogen-bond acceptors (Lipinski definition) is 4. The molecule has 1 atom stereocenters. The van der Waals surface area contributed by atoms with Crippen molar-refractivity contribution in [1.82, 2.24) is 9.80 Å². The zero-order chi connectivity index (χ0) is 20.6. The Bertz CT molecular complexity index is 666. The number of amides is 1. The van der Waals surface area contributed by atoms with E-state index in [1.165, 1.54) is 12.8 Å². The van der Waals surface area contributed by atoms with Crippen molar-refractivity contribution >= 4 is 41.0 Å². The Hall–Kier alpha value is -1.83. The van der Waals surface area contributed by atoms with Gasteiger partial charge in [0.1, 0.15) is 0 Å². The SMILES string of the molecule is C[C@@H](CN1CCCC1)N(C)C(=O)Cc1ccc(Cl)c(Cl)c1.O=C(O)C(=O)O. The Labute approximate surface area is 168 Å². The van der Waals surface area contributed by atoms with Gasteiger partial charge in [0, 0.05) is 19.6 Å². The third-order valence-corrected chi connectivity index (χ3v) is 5.04. The average Bonchev–Trinajstić information content (AvgIpc) is 3.10. The fourth-order valence-corrected chi connectivity index (χ4v) is 2.98. The summed E-state index contributed by atoms with van der Waals surface area (Å²) in [5.41, 5.74) is 0.898. The second kappa shape index (κ2) is 11.1. The maximum absolute atomic E-state index is 12.4. The van der Waals surface area contributed by atoms with Gasteiger partial charge in [0.15, 0.2) is 0 Å². The summed E-state index contributed by atoms with van der Waals surface area (Å²) >= 11 is 11.9. The van der Waals surface area contributed by atoms with E-state index < -0.39 is 11.9 Å². The molecule has 7 nitrogen and oxygen atoms in total. The number of rotatable bonds is 5. The van der Waals surface area contributed by atoms with E-state index in [1.54, 1.807) is 12.1 Å². The summed E-state index contributed by atoms with van der Waals surface area (Å²) in [5, 5.41) is 15.8. The predicted octanol–water partition coefficient (Wildman–Crippen LogP) is 2.63. The number of nitrogens with zero attached hydrogens (tertiary/aromatic N) is 2. The number of carboxylic acids is 2. The number of benzene rings is 1. The molecule has 1 heterocycles. The summed E-state index contributed by atoms with van der Waals surface area (Å²) in [6, 6.07) is 5.57. The second-order valence-electron chi connectivity index (χ2n) is 6.40. The Balaban J connectivity index is 0.000000527. The first-order valence-corrected chi connectivity index (χ1v) is 9.25. The highest BCUT2D eigenvalue weighted by Gasteiger charge is 2.20. The van der Waals surface area contributed by atoms with Crippen LogP contribution < -0.4 is 0 Å². The van der Waals surface area contributed by atoms with Crippen LogP contribution >= 0.6 is 23.2 Å². The molecule has 2 N–H and O–H groups in total. The molecule has 27 heavy (non-hydrogen) atoms. The van der Waals surface area contributed by atoms with Crippen LogP contribution in [0.1, 0.15) is 25.3 Å². The van der Waals surface area contributed by atoms with Crippen molar-refractivity contribution in [3.63, 3.8) is 0 Å². The monoisotopic (exact) mass is 418 g/mol. The summed E-state index contributed by atoms with van der Waals surface area (Å²) in [7, 11) is 1.88. The quantitative estimate of drug-likeness (QED) is 0.713. The molecule has 9 heteroatoms. The summed E-state index contributed by atoms with van der Waals surface area (Å²) in [6.07, 6.45) is 2.90. The number of hydrogen-bond donors (Lipinski definition) is 2. The minimum absolute atomic E-state index is 0.111. The maximum Gasteiger partial charge on any atom is 0.414 e. The first-order chi connectivity index (χ1) is 12.6. The second-order valence-corrected chi connectivity index (χ2v) is 7.21.